The number of amides is 1. The summed E-state index contributed by atoms with van der Waals surface area (Å²) >= 11 is 7.27. The molecule has 0 unspecified atom stereocenters. The number of nitrogens with zero attached hydrogens (tertiary/aromatic N) is 1. The van der Waals surface area contributed by atoms with Gasteiger partial charge in [0.15, 0.2) is 0 Å². The van der Waals surface area contributed by atoms with Gasteiger partial charge in [-0.15, -0.1) is 11.3 Å². The van der Waals surface area contributed by atoms with E-state index in [2.05, 4.69) is 22.1 Å². The molecule has 5 heteroatoms. The number of anilines is 1. The molecule has 0 aliphatic carbocycles. The van der Waals surface area contributed by atoms with Gasteiger partial charge in [0.05, 0.1) is 15.1 Å². The average Bonchev–Trinajstić information content (AvgIpc) is 3.14. The number of carbonyl (C=O) groups excluding carboxylic acids is 1. The molecule has 0 aliphatic rings. The Bertz CT molecular complexity index is 1170. The van der Waals surface area contributed by atoms with Crippen LogP contribution in [0.2, 0.25) is 5.02 Å². The lowest BCUT2D eigenvalue weighted by Gasteiger charge is -2.02. The fourth-order valence-corrected chi connectivity index (χ4v) is 3.63. The minimum absolute atomic E-state index is 0.166. The second kappa shape index (κ2) is 7.63. The number of hydrogen-bond donors (Lipinski definition) is 1. The molecule has 2 heterocycles. The van der Waals surface area contributed by atoms with Crippen LogP contribution in [0.5, 0.6) is 0 Å². The van der Waals surface area contributed by atoms with Gasteiger partial charge < -0.3 is 5.32 Å². The molecule has 2 aromatic carbocycles. The number of carbonyl (C=O) groups is 1. The average molecular weight is 389 g/mol. The minimum atomic E-state index is -0.166. The summed E-state index contributed by atoms with van der Waals surface area (Å²) in [4.78, 5) is 17.4. The van der Waals surface area contributed by atoms with Crippen LogP contribution in [-0.2, 0) is 0 Å². The van der Waals surface area contributed by atoms with E-state index in [-0.39, 0.29) is 5.91 Å². The Morgan fingerprint density at radius 2 is 1.78 bits per heavy atom. The number of fused-ring (bicyclic) bond motifs is 1. The molecule has 130 valence electrons. The maximum absolute atomic E-state index is 12.6. The molecule has 27 heavy (non-hydrogen) atoms. The topological polar surface area (TPSA) is 42.0 Å². The zero-order valence-corrected chi connectivity index (χ0v) is 15.6. The number of nitrogens with one attached hydrogen (secondary N) is 1. The first kappa shape index (κ1) is 17.3. The lowest BCUT2D eigenvalue weighted by molar-refractivity contribution is 0.103. The second-order valence-corrected chi connectivity index (χ2v) is 7.31. The van der Waals surface area contributed by atoms with Crippen molar-refractivity contribution in [3.63, 3.8) is 0 Å². The highest BCUT2D eigenvalue weighted by Gasteiger charge is 2.12. The zero-order valence-electron chi connectivity index (χ0n) is 14.1. The number of aromatic nitrogens is 1. The Kier molecular flexibility index (Phi) is 4.88. The fourth-order valence-electron chi connectivity index (χ4n) is 2.56. The molecule has 2 aromatic heterocycles. The van der Waals surface area contributed by atoms with Crippen LogP contribution in [0.1, 0.15) is 20.8 Å². The van der Waals surface area contributed by atoms with E-state index in [1.165, 1.54) is 11.3 Å². The molecule has 3 nitrogen and oxygen atoms in total. The van der Waals surface area contributed by atoms with E-state index < -0.39 is 0 Å². The Morgan fingerprint density at radius 3 is 2.56 bits per heavy atom. The molecule has 0 saturated heterocycles. The maximum Gasteiger partial charge on any atom is 0.265 e. The van der Waals surface area contributed by atoms with Gasteiger partial charge in [0.2, 0.25) is 0 Å². The van der Waals surface area contributed by atoms with Crippen molar-refractivity contribution in [2.75, 3.05) is 5.32 Å². The maximum atomic E-state index is 12.6. The van der Waals surface area contributed by atoms with E-state index >= 15 is 0 Å². The third-order valence-corrected chi connectivity index (χ3v) is 5.21. The Hall–Kier alpha value is -3.13. The van der Waals surface area contributed by atoms with Crippen molar-refractivity contribution in [3.05, 3.63) is 94.1 Å². The Labute approximate surface area is 165 Å². The number of halogens is 1. The van der Waals surface area contributed by atoms with E-state index in [9.17, 15) is 4.79 Å². The molecule has 0 spiro atoms. The number of hydrogen-bond acceptors (Lipinski definition) is 3. The lowest BCUT2D eigenvalue weighted by atomic mass is 10.1. The normalized spacial score (nSPS) is 10.3. The van der Waals surface area contributed by atoms with Gasteiger partial charge in [0, 0.05) is 34.1 Å². The van der Waals surface area contributed by atoms with E-state index in [4.69, 9.17) is 11.6 Å². The summed E-state index contributed by atoms with van der Waals surface area (Å²) in [7, 11) is 0. The quantitative estimate of drug-likeness (QED) is 0.454. The predicted molar refractivity (Wildman–Crippen MR) is 111 cm³/mol. The second-order valence-electron chi connectivity index (χ2n) is 5.79. The highest BCUT2D eigenvalue weighted by molar-refractivity contribution is 7.20. The summed E-state index contributed by atoms with van der Waals surface area (Å²) in [5, 5.41) is 4.44. The predicted octanol–water partition coefficient (Wildman–Crippen LogP) is 5.60. The standard InChI is InChI=1S/C22H13ClN2OS/c23-17-8-10-18(11-9-17)25-22(26)20-12-19-16(13-24-14-21(19)27-20)7-6-15-4-2-1-3-5-15/h1-5,8-14H,(H,25,26). The van der Waals surface area contributed by atoms with E-state index in [0.29, 0.717) is 15.6 Å². The summed E-state index contributed by atoms with van der Waals surface area (Å²) in [5.41, 5.74) is 2.44. The number of thiophene rings is 1. The monoisotopic (exact) mass is 388 g/mol. The van der Waals surface area contributed by atoms with Crippen molar-refractivity contribution in [1.29, 1.82) is 0 Å². The van der Waals surface area contributed by atoms with Crippen molar-refractivity contribution in [2.45, 2.75) is 0 Å². The van der Waals surface area contributed by atoms with E-state index in [0.717, 1.165) is 21.2 Å². The minimum Gasteiger partial charge on any atom is -0.321 e. The van der Waals surface area contributed by atoms with Gasteiger partial charge in [-0.25, -0.2) is 0 Å². The SMILES string of the molecule is O=C(Nc1ccc(Cl)cc1)c1cc2c(C#Cc3ccccc3)cncc2s1. The number of rotatable bonds is 2. The third-order valence-electron chi connectivity index (χ3n) is 3.89. The van der Waals surface area contributed by atoms with Crippen LogP contribution in [0.15, 0.2) is 73.1 Å². The summed E-state index contributed by atoms with van der Waals surface area (Å²) in [6, 6.07) is 18.7. The fraction of sp³-hybridized carbons (Fsp3) is 0. The highest BCUT2D eigenvalue weighted by Crippen LogP contribution is 2.28. The van der Waals surface area contributed by atoms with Crippen LogP contribution in [0.3, 0.4) is 0 Å². The van der Waals surface area contributed by atoms with Crippen LogP contribution < -0.4 is 5.32 Å². The van der Waals surface area contributed by atoms with Gasteiger partial charge in [-0.2, -0.15) is 0 Å². The molecule has 0 radical (unpaired) electrons. The molecule has 4 rings (SSSR count). The highest BCUT2D eigenvalue weighted by atomic mass is 35.5. The summed E-state index contributed by atoms with van der Waals surface area (Å²) in [5.74, 6) is 6.13. The van der Waals surface area contributed by atoms with Gasteiger partial charge in [0.1, 0.15) is 0 Å². The van der Waals surface area contributed by atoms with Crippen LogP contribution in [-0.4, -0.2) is 10.9 Å². The zero-order chi connectivity index (χ0) is 18.6. The van der Waals surface area contributed by atoms with Crippen molar-refractivity contribution >= 4 is 44.6 Å². The molecule has 4 aromatic rings. The first-order valence-electron chi connectivity index (χ1n) is 8.20. The lowest BCUT2D eigenvalue weighted by Crippen LogP contribution is -2.09. The number of pyridine rings is 1. The van der Waals surface area contributed by atoms with Gasteiger partial charge in [-0.1, -0.05) is 41.6 Å². The Morgan fingerprint density at radius 1 is 1.00 bits per heavy atom. The molecular formula is C22H13ClN2OS. The molecule has 0 bridgehead atoms. The van der Waals surface area contributed by atoms with Crippen LogP contribution >= 0.6 is 22.9 Å². The molecule has 0 atom stereocenters. The third kappa shape index (κ3) is 4.01. The van der Waals surface area contributed by atoms with Crippen molar-refractivity contribution in [3.8, 4) is 11.8 Å². The summed E-state index contributed by atoms with van der Waals surface area (Å²) in [6.45, 7) is 0. The van der Waals surface area contributed by atoms with Crippen LogP contribution in [0.25, 0.3) is 10.1 Å². The van der Waals surface area contributed by atoms with Crippen LogP contribution in [0.4, 0.5) is 5.69 Å². The van der Waals surface area contributed by atoms with E-state index in [1.54, 1.807) is 36.7 Å². The first-order chi connectivity index (χ1) is 13.2. The van der Waals surface area contributed by atoms with Gasteiger partial charge in [-0.05, 0) is 42.5 Å². The van der Waals surface area contributed by atoms with Crippen molar-refractivity contribution in [2.24, 2.45) is 0 Å². The van der Waals surface area contributed by atoms with Gasteiger partial charge >= 0.3 is 0 Å². The smallest absolute Gasteiger partial charge is 0.265 e. The molecule has 0 saturated carbocycles. The van der Waals surface area contributed by atoms with Crippen molar-refractivity contribution in [1.82, 2.24) is 4.98 Å². The molecular weight excluding hydrogens is 376 g/mol. The van der Waals surface area contributed by atoms with Crippen molar-refractivity contribution < 1.29 is 4.79 Å². The molecule has 0 aliphatic heterocycles. The molecule has 0 fully saturated rings. The van der Waals surface area contributed by atoms with Gasteiger partial charge in [-0.3, -0.25) is 9.78 Å². The molecule has 1 amide bonds. The van der Waals surface area contributed by atoms with Gasteiger partial charge in [0.25, 0.3) is 5.91 Å². The Balaban J connectivity index is 1.63. The van der Waals surface area contributed by atoms with E-state index in [1.807, 2.05) is 36.4 Å². The first-order valence-corrected chi connectivity index (χ1v) is 9.40. The summed E-state index contributed by atoms with van der Waals surface area (Å²) in [6.07, 6.45) is 3.48. The number of benzene rings is 2. The van der Waals surface area contributed by atoms with Crippen LogP contribution in [0, 0.1) is 11.8 Å². The molecule has 1 N–H and O–H groups in total. The largest absolute Gasteiger partial charge is 0.321 e. The summed E-state index contributed by atoms with van der Waals surface area (Å²) < 4.78 is 0.927.